The van der Waals surface area contributed by atoms with Crippen LogP contribution in [0.5, 0.6) is 0 Å². The second-order valence-corrected chi connectivity index (χ2v) is 4.77. The molecular formula is C13H14FN3OS. The lowest BCUT2D eigenvalue weighted by atomic mass is 10.2. The number of amides is 1. The molecule has 1 aromatic heterocycles. The van der Waals surface area contributed by atoms with Gasteiger partial charge in [-0.15, -0.1) is 11.3 Å². The highest BCUT2D eigenvalue weighted by Gasteiger charge is 2.06. The van der Waals surface area contributed by atoms with Crippen molar-refractivity contribution in [3.05, 3.63) is 46.7 Å². The molecule has 1 aromatic carbocycles. The molecular weight excluding hydrogens is 265 g/mol. The molecule has 0 bridgehead atoms. The van der Waals surface area contributed by atoms with Gasteiger partial charge in [0.1, 0.15) is 5.82 Å². The fraction of sp³-hybridized carbons (Fsp3) is 0.231. The zero-order valence-corrected chi connectivity index (χ0v) is 11.3. The summed E-state index contributed by atoms with van der Waals surface area (Å²) in [4.78, 5) is 16.0. The van der Waals surface area contributed by atoms with Gasteiger partial charge in [0.25, 0.3) is 5.91 Å². The first-order valence-electron chi connectivity index (χ1n) is 5.85. The van der Waals surface area contributed by atoms with Crippen molar-refractivity contribution < 1.29 is 9.18 Å². The fourth-order valence-corrected chi connectivity index (χ4v) is 2.28. The maximum absolute atomic E-state index is 13.0. The summed E-state index contributed by atoms with van der Waals surface area (Å²) in [6.07, 6.45) is 0.652. The van der Waals surface area contributed by atoms with E-state index in [0.717, 1.165) is 10.8 Å². The van der Waals surface area contributed by atoms with Gasteiger partial charge >= 0.3 is 0 Å². The first-order valence-corrected chi connectivity index (χ1v) is 6.73. The Morgan fingerprint density at radius 1 is 1.47 bits per heavy atom. The minimum absolute atomic E-state index is 0.274. The number of nitrogens with zero attached hydrogens (tertiary/aromatic N) is 1. The molecule has 0 radical (unpaired) electrons. The maximum atomic E-state index is 13.0. The van der Waals surface area contributed by atoms with E-state index < -0.39 is 5.82 Å². The average Bonchev–Trinajstić information content (AvgIpc) is 2.86. The Kier molecular flexibility index (Phi) is 4.46. The number of anilines is 1. The van der Waals surface area contributed by atoms with Crippen LogP contribution in [0.3, 0.4) is 0 Å². The van der Waals surface area contributed by atoms with Crippen LogP contribution in [0.25, 0.3) is 0 Å². The molecule has 0 fully saturated rings. The topological polar surface area (TPSA) is 54.0 Å². The van der Waals surface area contributed by atoms with Crippen LogP contribution >= 0.6 is 11.3 Å². The van der Waals surface area contributed by atoms with Crippen molar-refractivity contribution in [2.75, 3.05) is 18.9 Å². The van der Waals surface area contributed by atoms with Gasteiger partial charge in [0, 0.05) is 31.0 Å². The highest BCUT2D eigenvalue weighted by atomic mass is 32.1. The minimum Gasteiger partial charge on any atom is -0.365 e. The summed E-state index contributed by atoms with van der Waals surface area (Å²) in [6.45, 7) is 0.474. The van der Waals surface area contributed by atoms with E-state index >= 15 is 0 Å². The quantitative estimate of drug-likeness (QED) is 0.883. The second-order valence-electron chi connectivity index (χ2n) is 3.91. The van der Waals surface area contributed by atoms with E-state index in [1.807, 2.05) is 12.4 Å². The van der Waals surface area contributed by atoms with E-state index in [9.17, 15) is 9.18 Å². The predicted molar refractivity (Wildman–Crippen MR) is 74.1 cm³/mol. The van der Waals surface area contributed by atoms with Gasteiger partial charge in [-0.2, -0.15) is 0 Å². The van der Waals surface area contributed by atoms with Gasteiger partial charge in [0.15, 0.2) is 5.13 Å². The Hall–Kier alpha value is -1.95. The number of hydrogen-bond acceptors (Lipinski definition) is 4. The second kappa shape index (κ2) is 6.29. The number of thiazole rings is 1. The Balaban J connectivity index is 1.84. The molecule has 19 heavy (non-hydrogen) atoms. The standard InChI is InChI=1S/C13H14FN3OS/c1-15-13-17-11(8-19-13)5-6-16-12(18)9-3-2-4-10(14)7-9/h2-4,7-8H,5-6H2,1H3,(H,15,17)(H,16,18). The number of carbonyl (C=O) groups is 1. The van der Waals surface area contributed by atoms with Crippen molar-refractivity contribution >= 4 is 22.4 Å². The van der Waals surface area contributed by atoms with E-state index in [-0.39, 0.29) is 5.91 Å². The maximum Gasteiger partial charge on any atom is 0.251 e. The molecule has 0 aliphatic carbocycles. The number of benzene rings is 1. The van der Waals surface area contributed by atoms with Crippen LogP contribution in [0.4, 0.5) is 9.52 Å². The minimum atomic E-state index is -0.411. The van der Waals surface area contributed by atoms with Gasteiger partial charge in [-0.3, -0.25) is 4.79 Å². The summed E-state index contributed by atoms with van der Waals surface area (Å²) in [6, 6.07) is 5.63. The van der Waals surface area contributed by atoms with Gasteiger partial charge in [-0.25, -0.2) is 9.37 Å². The average molecular weight is 279 g/mol. The number of carbonyl (C=O) groups excluding carboxylic acids is 1. The third-order valence-corrected chi connectivity index (χ3v) is 3.43. The number of nitrogens with one attached hydrogen (secondary N) is 2. The van der Waals surface area contributed by atoms with E-state index in [0.29, 0.717) is 18.5 Å². The van der Waals surface area contributed by atoms with Crippen LogP contribution in [0, 0.1) is 5.82 Å². The molecule has 2 aromatic rings. The molecule has 2 rings (SSSR count). The Morgan fingerprint density at radius 3 is 3.00 bits per heavy atom. The summed E-state index contributed by atoms with van der Waals surface area (Å²) >= 11 is 1.52. The zero-order valence-electron chi connectivity index (χ0n) is 10.4. The van der Waals surface area contributed by atoms with Crippen molar-refractivity contribution in [3.63, 3.8) is 0 Å². The summed E-state index contributed by atoms with van der Waals surface area (Å²) in [7, 11) is 1.81. The SMILES string of the molecule is CNc1nc(CCNC(=O)c2cccc(F)c2)cs1. The largest absolute Gasteiger partial charge is 0.365 e. The molecule has 0 saturated carbocycles. The Bertz CT molecular complexity index is 571. The van der Waals surface area contributed by atoms with Gasteiger partial charge in [-0.1, -0.05) is 6.07 Å². The van der Waals surface area contributed by atoms with Crippen molar-refractivity contribution in [3.8, 4) is 0 Å². The normalized spacial score (nSPS) is 10.2. The van der Waals surface area contributed by atoms with Gasteiger partial charge < -0.3 is 10.6 Å². The Morgan fingerprint density at radius 2 is 2.32 bits per heavy atom. The Labute approximate surface area is 114 Å². The van der Waals surface area contributed by atoms with Crippen LogP contribution in [0.1, 0.15) is 16.1 Å². The number of halogens is 1. The van der Waals surface area contributed by atoms with Crippen LogP contribution < -0.4 is 10.6 Å². The molecule has 100 valence electrons. The van der Waals surface area contributed by atoms with Gasteiger partial charge in [0.05, 0.1) is 5.69 Å². The van der Waals surface area contributed by atoms with Crippen molar-refractivity contribution in [1.29, 1.82) is 0 Å². The van der Waals surface area contributed by atoms with Crippen molar-refractivity contribution in [2.24, 2.45) is 0 Å². The number of aromatic nitrogens is 1. The lowest BCUT2D eigenvalue weighted by Crippen LogP contribution is -2.25. The van der Waals surface area contributed by atoms with Gasteiger partial charge in [-0.05, 0) is 18.2 Å². The molecule has 2 N–H and O–H groups in total. The van der Waals surface area contributed by atoms with Crippen LogP contribution in [0.2, 0.25) is 0 Å². The molecule has 0 unspecified atom stereocenters. The van der Waals surface area contributed by atoms with Crippen LogP contribution in [-0.4, -0.2) is 24.5 Å². The summed E-state index contributed by atoms with van der Waals surface area (Å²) in [5, 5.41) is 8.50. The molecule has 1 amide bonds. The highest BCUT2D eigenvalue weighted by Crippen LogP contribution is 2.14. The van der Waals surface area contributed by atoms with E-state index in [2.05, 4.69) is 15.6 Å². The first kappa shape index (κ1) is 13.5. The van der Waals surface area contributed by atoms with Crippen LogP contribution in [-0.2, 0) is 6.42 Å². The van der Waals surface area contributed by atoms with Crippen molar-refractivity contribution in [1.82, 2.24) is 10.3 Å². The van der Waals surface area contributed by atoms with E-state index in [1.165, 1.54) is 29.5 Å². The molecule has 6 heteroatoms. The summed E-state index contributed by atoms with van der Waals surface area (Å²) in [5.41, 5.74) is 1.25. The van der Waals surface area contributed by atoms with E-state index in [1.54, 1.807) is 6.07 Å². The molecule has 0 spiro atoms. The third-order valence-electron chi connectivity index (χ3n) is 2.52. The molecule has 1 heterocycles. The number of rotatable bonds is 5. The molecule has 0 aliphatic heterocycles. The smallest absolute Gasteiger partial charge is 0.251 e. The van der Waals surface area contributed by atoms with E-state index in [4.69, 9.17) is 0 Å². The molecule has 0 atom stereocenters. The highest BCUT2D eigenvalue weighted by molar-refractivity contribution is 7.13. The third kappa shape index (κ3) is 3.75. The predicted octanol–water partition coefficient (Wildman–Crippen LogP) is 2.30. The lowest BCUT2D eigenvalue weighted by molar-refractivity contribution is 0.0953. The molecule has 4 nitrogen and oxygen atoms in total. The van der Waals surface area contributed by atoms with Gasteiger partial charge in [0.2, 0.25) is 0 Å². The summed E-state index contributed by atoms with van der Waals surface area (Å²) < 4.78 is 13.0. The monoisotopic (exact) mass is 279 g/mol. The molecule has 0 saturated heterocycles. The lowest BCUT2D eigenvalue weighted by Gasteiger charge is -2.04. The zero-order chi connectivity index (χ0) is 13.7. The summed E-state index contributed by atoms with van der Waals surface area (Å²) in [5.74, 6) is -0.686. The van der Waals surface area contributed by atoms with Crippen LogP contribution in [0.15, 0.2) is 29.6 Å². The first-order chi connectivity index (χ1) is 9.19. The fourth-order valence-electron chi connectivity index (χ4n) is 1.57. The van der Waals surface area contributed by atoms with Crippen molar-refractivity contribution in [2.45, 2.75) is 6.42 Å². The molecule has 0 aliphatic rings. The number of hydrogen-bond donors (Lipinski definition) is 2.